The number of hydrogen-bond donors (Lipinski definition) is 3. The molecule has 0 atom stereocenters. The van der Waals surface area contributed by atoms with E-state index in [1.165, 1.54) is 24.3 Å². The van der Waals surface area contributed by atoms with E-state index in [4.69, 9.17) is 16.9 Å². The summed E-state index contributed by atoms with van der Waals surface area (Å²) in [6.45, 7) is 0. The second-order valence-corrected chi connectivity index (χ2v) is 3.85. The molecule has 17 heavy (non-hydrogen) atoms. The second-order valence-electron chi connectivity index (χ2n) is 2.78. The number of benzene rings is 1. The molecule has 0 saturated heterocycles. The van der Waals surface area contributed by atoms with E-state index in [0.29, 0.717) is 22.3 Å². The average molecular weight is 280 g/mol. The van der Waals surface area contributed by atoms with Gasteiger partial charge in [0.15, 0.2) is 11.7 Å². The molecule has 0 aliphatic carbocycles. The number of alkyl halides is 2. The molecule has 0 aromatic heterocycles. The number of thioether (sulfide) groups is 1. The van der Waals surface area contributed by atoms with Crippen molar-refractivity contribution >= 4 is 29.1 Å². The zero-order chi connectivity index (χ0) is 12.1. The van der Waals surface area contributed by atoms with E-state index in [1.807, 2.05) is 0 Å². The Hall–Kier alpha value is -1.34. The minimum atomic E-state index is -2.45. The van der Waals surface area contributed by atoms with E-state index in [1.54, 1.807) is 0 Å². The van der Waals surface area contributed by atoms with Crippen molar-refractivity contribution < 1.29 is 21.2 Å². The highest BCUT2D eigenvalue weighted by molar-refractivity contribution is 7.99. The summed E-state index contributed by atoms with van der Waals surface area (Å²) in [6.07, 6.45) is 0. The second kappa shape index (κ2) is 7.08. The van der Waals surface area contributed by atoms with Crippen LogP contribution in [-0.4, -0.2) is 17.4 Å². The molecule has 0 aliphatic heterocycles. The number of rotatable bonds is 3. The van der Waals surface area contributed by atoms with Gasteiger partial charge in [-0.1, -0.05) is 11.8 Å². The number of amidine groups is 2. The lowest BCUT2D eigenvalue weighted by atomic mass is 10.3. The topological polar surface area (TPSA) is 88.2 Å². The Bertz CT molecular complexity index is 408. The third-order valence-electron chi connectivity index (χ3n) is 1.59. The maximum atomic E-state index is 12.0. The van der Waals surface area contributed by atoms with Crippen molar-refractivity contribution in [2.45, 2.75) is 10.7 Å². The smallest absolute Gasteiger partial charge is 0.288 e. The van der Waals surface area contributed by atoms with E-state index in [-0.39, 0.29) is 24.1 Å². The molecule has 1 aromatic carbocycles. The largest absolute Gasteiger partial charge is 1.00 e. The van der Waals surface area contributed by atoms with Gasteiger partial charge in [0.2, 0.25) is 0 Å². The average Bonchev–Trinajstić information content (AvgIpc) is 2.20. The molecule has 0 amide bonds. The van der Waals surface area contributed by atoms with Crippen LogP contribution in [0.25, 0.3) is 0 Å². The summed E-state index contributed by atoms with van der Waals surface area (Å²) in [5, 5.41) is 7.00. The molecule has 0 heterocycles. The molecule has 94 valence electrons. The Kier molecular flexibility index (Phi) is 6.52. The minimum absolute atomic E-state index is 0. The van der Waals surface area contributed by atoms with Gasteiger partial charge in [-0.05, 0) is 24.3 Å². The van der Waals surface area contributed by atoms with Crippen molar-refractivity contribution in [1.29, 1.82) is 5.41 Å². The van der Waals surface area contributed by atoms with Gasteiger partial charge in [0.25, 0.3) is 5.76 Å². The number of aliphatic imine (C=N–C) groups is 1. The van der Waals surface area contributed by atoms with Crippen LogP contribution in [0.3, 0.4) is 0 Å². The lowest BCUT2D eigenvalue weighted by Gasteiger charge is -2.01. The fourth-order valence-corrected chi connectivity index (χ4v) is 1.40. The summed E-state index contributed by atoms with van der Waals surface area (Å²) < 4.78 is 24.0. The molecule has 0 aliphatic rings. The van der Waals surface area contributed by atoms with E-state index in [9.17, 15) is 8.78 Å². The van der Waals surface area contributed by atoms with E-state index in [0.717, 1.165) is 0 Å². The first-order chi connectivity index (χ1) is 7.49. The Balaban J connectivity index is 0.00000256. The van der Waals surface area contributed by atoms with Crippen LogP contribution in [0.1, 0.15) is 0 Å². The quantitative estimate of drug-likeness (QED) is 0.374. The maximum absolute atomic E-state index is 12.0. The van der Waals surface area contributed by atoms with Crippen molar-refractivity contribution in [3.8, 4) is 0 Å². The molecule has 0 unspecified atom stereocenters. The molecule has 0 radical (unpaired) electrons. The van der Waals surface area contributed by atoms with Crippen molar-refractivity contribution in [2.75, 3.05) is 0 Å². The van der Waals surface area contributed by atoms with E-state index in [2.05, 4.69) is 4.99 Å². The van der Waals surface area contributed by atoms with Crippen LogP contribution in [0.15, 0.2) is 34.2 Å². The fourth-order valence-electron chi connectivity index (χ4n) is 0.901. The molecular weight excluding hydrogens is 270 g/mol. The van der Waals surface area contributed by atoms with Gasteiger partial charge in [-0.25, -0.2) is 4.99 Å². The molecule has 0 saturated carbocycles. The molecule has 5 N–H and O–H groups in total. The summed E-state index contributed by atoms with van der Waals surface area (Å²) in [7, 11) is 0. The van der Waals surface area contributed by atoms with Crippen molar-refractivity contribution in [2.24, 2.45) is 16.5 Å². The molecule has 1 rings (SSSR count). The fraction of sp³-hybridized carbons (Fsp3) is 0.111. The van der Waals surface area contributed by atoms with Gasteiger partial charge in [-0.2, -0.15) is 8.78 Å². The molecule has 4 nitrogen and oxygen atoms in total. The van der Waals surface area contributed by atoms with Crippen LogP contribution in [0.4, 0.5) is 14.5 Å². The summed E-state index contributed by atoms with van der Waals surface area (Å²) in [5.74, 6) is -2.88. The van der Waals surface area contributed by atoms with Gasteiger partial charge in [0, 0.05) is 4.90 Å². The highest BCUT2D eigenvalue weighted by Gasteiger charge is 2.04. The number of nitrogens with one attached hydrogen (secondary N) is 1. The Labute approximate surface area is 107 Å². The Morgan fingerprint density at radius 2 is 1.76 bits per heavy atom. The van der Waals surface area contributed by atoms with Gasteiger partial charge in [-0.3, -0.25) is 5.41 Å². The van der Waals surface area contributed by atoms with Crippen molar-refractivity contribution in [1.82, 2.24) is 0 Å². The van der Waals surface area contributed by atoms with Crippen molar-refractivity contribution in [3.63, 3.8) is 0 Å². The molecule has 8 heteroatoms. The van der Waals surface area contributed by atoms with Crippen LogP contribution in [0.2, 0.25) is 0 Å². The summed E-state index contributed by atoms with van der Waals surface area (Å²) in [5.41, 5.74) is 10.9. The Morgan fingerprint density at radius 3 is 2.18 bits per heavy atom. The van der Waals surface area contributed by atoms with E-state index >= 15 is 0 Å². The summed E-state index contributed by atoms with van der Waals surface area (Å²) in [4.78, 5) is 4.27. The first kappa shape index (κ1) is 15.7. The van der Waals surface area contributed by atoms with Gasteiger partial charge < -0.3 is 23.9 Å². The zero-order valence-electron chi connectivity index (χ0n) is 8.53. The van der Waals surface area contributed by atoms with Crippen LogP contribution < -0.4 is 23.9 Å². The third-order valence-corrected chi connectivity index (χ3v) is 2.31. The lowest BCUT2D eigenvalue weighted by Crippen LogP contribution is -3.00. The monoisotopic (exact) mass is 279 g/mol. The van der Waals surface area contributed by atoms with Gasteiger partial charge in [0.1, 0.15) is 0 Å². The summed E-state index contributed by atoms with van der Waals surface area (Å²) >= 11 is 0.452. The maximum Gasteiger partial charge on any atom is 0.288 e. The number of hydrogen-bond acceptors (Lipinski definition) is 3. The molecule has 0 fully saturated rings. The highest BCUT2D eigenvalue weighted by Crippen LogP contribution is 2.26. The normalized spacial score (nSPS) is 11.1. The summed E-state index contributed by atoms with van der Waals surface area (Å²) in [6, 6.07) is 6.06. The predicted molar refractivity (Wildman–Crippen MR) is 61.5 cm³/mol. The van der Waals surface area contributed by atoms with Gasteiger partial charge in [-0.15, -0.1) is 0 Å². The molecular formula is C9H10ClF2N4S-. The van der Waals surface area contributed by atoms with Gasteiger partial charge >= 0.3 is 0 Å². The third kappa shape index (κ3) is 5.50. The highest BCUT2D eigenvalue weighted by atomic mass is 35.5. The van der Waals surface area contributed by atoms with Crippen molar-refractivity contribution in [3.05, 3.63) is 24.3 Å². The first-order valence-electron chi connectivity index (χ1n) is 4.22. The number of nitrogens with two attached hydrogens (primary N) is 2. The SMILES string of the molecule is N=C(N)C(N)=Nc1ccc(SC(F)F)cc1.[Cl-]. The lowest BCUT2D eigenvalue weighted by molar-refractivity contribution is -0.00000591. The van der Waals surface area contributed by atoms with Crippen LogP contribution in [0.5, 0.6) is 0 Å². The number of halogens is 3. The molecule has 1 aromatic rings. The first-order valence-corrected chi connectivity index (χ1v) is 5.10. The van der Waals surface area contributed by atoms with Crippen LogP contribution >= 0.6 is 11.8 Å². The minimum Gasteiger partial charge on any atom is -1.00 e. The predicted octanol–water partition coefficient (Wildman–Crippen LogP) is -1.07. The zero-order valence-corrected chi connectivity index (χ0v) is 10.1. The van der Waals surface area contributed by atoms with Gasteiger partial charge in [0.05, 0.1) is 5.69 Å². The van der Waals surface area contributed by atoms with Crippen LogP contribution in [0, 0.1) is 5.41 Å². The number of nitrogens with zero attached hydrogens (tertiary/aromatic N) is 1. The molecule has 0 bridgehead atoms. The van der Waals surface area contributed by atoms with E-state index < -0.39 is 5.76 Å². The Morgan fingerprint density at radius 1 is 1.24 bits per heavy atom. The standard InChI is InChI=1S/C9H10F2N4S.ClH/c10-9(11)16-6-3-1-5(2-4-6)15-8(14)7(12)13;/h1-4,9H,(H3,12,13)(H2,14,15);1H/p-1. The molecule has 0 spiro atoms. The van der Waals surface area contributed by atoms with Crippen LogP contribution in [-0.2, 0) is 0 Å².